The fourth-order valence-corrected chi connectivity index (χ4v) is 2.68. The van der Waals surface area contributed by atoms with Crippen LogP contribution in [-0.4, -0.2) is 25.3 Å². The first-order valence-corrected chi connectivity index (χ1v) is 5.73. The summed E-state index contributed by atoms with van der Waals surface area (Å²) in [6.45, 7) is 0. The molecule has 3 aromatic rings. The molecule has 6 nitrogen and oxygen atoms in total. The van der Waals surface area contributed by atoms with Gasteiger partial charge in [-0.15, -0.1) is 11.3 Å². The van der Waals surface area contributed by atoms with E-state index in [1.165, 1.54) is 17.5 Å². The van der Waals surface area contributed by atoms with Crippen LogP contribution in [0.2, 0.25) is 0 Å². The molecule has 7 heteroatoms. The van der Waals surface area contributed by atoms with Crippen LogP contribution in [0.25, 0.3) is 15.3 Å². The highest BCUT2D eigenvalue weighted by atomic mass is 32.1. The maximum Gasteiger partial charge on any atom is 0.253 e. The van der Waals surface area contributed by atoms with Crippen molar-refractivity contribution < 1.29 is 4.79 Å². The minimum absolute atomic E-state index is 0.449. The molecule has 0 aliphatic heterocycles. The molecular weight excluding hydrogens is 238 g/mol. The lowest BCUT2D eigenvalue weighted by Crippen LogP contribution is -2.09. The van der Waals surface area contributed by atoms with Crippen molar-refractivity contribution in [3.05, 3.63) is 30.4 Å². The van der Waals surface area contributed by atoms with Crippen molar-refractivity contribution in [2.24, 2.45) is 12.8 Å². The molecule has 0 bridgehead atoms. The normalized spacial score (nSPS) is 11.1. The fourth-order valence-electron chi connectivity index (χ4n) is 1.64. The van der Waals surface area contributed by atoms with Gasteiger partial charge in [0.05, 0.1) is 22.8 Å². The number of aromatic nitrogens is 4. The lowest BCUT2D eigenvalue weighted by Gasteiger charge is -1.87. The molecular formula is C10H9N5OS. The van der Waals surface area contributed by atoms with Gasteiger partial charge in [-0.05, 0) is 0 Å². The van der Waals surface area contributed by atoms with E-state index in [2.05, 4.69) is 10.2 Å². The second-order valence-electron chi connectivity index (χ2n) is 3.67. The Kier molecular flexibility index (Phi) is 2.02. The maximum atomic E-state index is 11.2. The Bertz CT molecular complexity index is 707. The summed E-state index contributed by atoms with van der Waals surface area (Å²) in [7, 11) is 1.86. The van der Waals surface area contributed by atoms with Crippen LogP contribution in [-0.2, 0) is 7.05 Å². The van der Waals surface area contributed by atoms with Crippen LogP contribution in [0.5, 0.6) is 0 Å². The van der Waals surface area contributed by atoms with E-state index >= 15 is 0 Å². The Morgan fingerprint density at radius 2 is 2.18 bits per heavy atom. The summed E-state index contributed by atoms with van der Waals surface area (Å²) in [5, 5.41) is 8.20. The number of nitrogens with two attached hydrogens (primary N) is 1. The summed E-state index contributed by atoms with van der Waals surface area (Å²) >= 11 is 1.47. The van der Waals surface area contributed by atoms with Crippen molar-refractivity contribution in [2.45, 2.75) is 0 Å². The molecule has 0 saturated carbocycles. The van der Waals surface area contributed by atoms with Gasteiger partial charge in [-0.1, -0.05) is 0 Å². The first-order valence-electron chi connectivity index (χ1n) is 4.91. The second kappa shape index (κ2) is 3.42. The standard InChI is InChI=1S/C10H9N5OS/c1-14-4-6(2-12-14)8-5-15-10(17-8)7(3-13-15)9(11)16/h2-5H,1H3,(H2,11,16). The summed E-state index contributed by atoms with van der Waals surface area (Å²) < 4.78 is 3.39. The molecule has 0 unspecified atom stereocenters. The van der Waals surface area contributed by atoms with Crippen LogP contribution >= 0.6 is 11.3 Å². The third-order valence-corrected chi connectivity index (χ3v) is 3.61. The van der Waals surface area contributed by atoms with Gasteiger partial charge in [0.1, 0.15) is 4.83 Å². The molecule has 0 atom stereocenters. The van der Waals surface area contributed by atoms with Crippen molar-refractivity contribution in [3.63, 3.8) is 0 Å². The van der Waals surface area contributed by atoms with Crippen molar-refractivity contribution >= 4 is 22.1 Å². The molecule has 0 saturated heterocycles. The van der Waals surface area contributed by atoms with Gasteiger partial charge in [-0.3, -0.25) is 9.48 Å². The van der Waals surface area contributed by atoms with Crippen molar-refractivity contribution in [2.75, 3.05) is 0 Å². The minimum atomic E-state index is -0.459. The summed E-state index contributed by atoms with van der Waals surface area (Å²) in [6, 6.07) is 0. The van der Waals surface area contributed by atoms with Crippen LogP contribution in [0.1, 0.15) is 10.4 Å². The van der Waals surface area contributed by atoms with E-state index in [4.69, 9.17) is 5.73 Å². The van der Waals surface area contributed by atoms with Gasteiger partial charge in [0, 0.05) is 25.0 Å². The van der Waals surface area contributed by atoms with E-state index in [-0.39, 0.29) is 0 Å². The van der Waals surface area contributed by atoms with Crippen molar-refractivity contribution in [3.8, 4) is 10.4 Å². The summed E-state index contributed by atoms with van der Waals surface area (Å²) in [5.74, 6) is -0.459. The molecule has 86 valence electrons. The fraction of sp³-hybridized carbons (Fsp3) is 0.100. The van der Waals surface area contributed by atoms with Crippen LogP contribution in [0.15, 0.2) is 24.8 Å². The molecule has 2 N–H and O–H groups in total. The average molecular weight is 247 g/mol. The lowest BCUT2D eigenvalue weighted by atomic mass is 10.3. The highest BCUT2D eigenvalue weighted by Gasteiger charge is 2.14. The van der Waals surface area contributed by atoms with Gasteiger partial charge in [-0.2, -0.15) is 10.2 Å². The molecule has 17 heavy (non-hydrogen) atoms. The average Bonchev–Trinajstić information content (AvgIpc) is 2.89. The summed E-state index contributed by atoms with van der Waals surface area (Å²) in [5.41, 5.74) is 6.72. The number of nitrogens with zero attached hydrogens (tertiary/aromatic N) is 4. The van der Waals surface area contributed by atoms with Crippen LogP contribution in [0.3, 0.4) is 0 Å². The molecule has 0 spiro atoms. The molecule has 1 amide bonds. The largest absolute Gasteiger partial charge is 0.365 e. The Morgan fingerprint density at radius 1 is 1.35 bits per heavy atom. The van der Waals surface area contributed by atoms with Gasteiger partial charge in [0.15, 0.2) is 0 Å². The molecule has 0 aromatic carbocycles. The van der Waals surface area contributed by atoms with Gasteiger partial charge in [0.25, 0.3) is 5.91 Å². The van der Waals surface area contributed by atoms with Gasteiger partial charge in [0.2, 0.25) is 0 Å². The predicted octanol–water partition coefficient (Wildman–Crippen LogP) is 0.895. The van der Waals surface area contributed by atoms with E-state index in [1.54, 1.807) is 15.4 Å². The first-order chi connectivity index (χ1) is 8.15. The number of amides is 1. The predicted molar refractivity (Wildman–Crippen MR) is 63.8 cm³/mol. The highest BCUT2D eigenvalue weighted by Crippen LogP contribution is 2.29. The molecule has 0 aliphatic rings. The molecule has 3 rings (SSSR count). The number of hydrogen-bond donors (Lipinski definition) is 1. The van der Waals surface area contributed by atoms with E-state index < -0.39 is 5.91 Å². The zero-order chi connectivity index (χ0) is 12.0. The quantitative estimate of drug-likeness (QED) is 0.730. The van der Waals surface area contributed by atoms with Crippen LogP contribution in [0.4, 0.5) is 0 Å². The number of fused-ring (bicyclic) bond motifs is 1. The van der Waals surface area contributed by atoms with E-state index in [9.17, 15) is 4.79 Å². The summed E-state index contributed by atoms with van der Waals surface area (Å²) in [6.07, 6.45) is 7.04. The smallest absolute Gasteiger partial charge is 0.253 e. The number of hydrogen-bond acceptors (Lipinski definition) is 4. The monoisotopic (exact) mass is 247 g/mol. The molecule has 0 aliphatic carbocycles. The number of aryl methyl sites for hydroxylation is 1. The highest BCUT2D eigenvalue weighted by molar-refractivity contribution is 7.21. The Hall–Kier alpha value is -2.15. The van der Waals surface area contributed by atoms with Gasteiger partial charge >= 0.3 is 0 Å². The van der Waals surface area contributed by atoms with E-state index in [0.717, 1.165) is 15.3 Å². The second-order valence-corrected chi connectivity index (χ2v) is 4.70. The maximum absolute atomic E-state index is 11.2. The van der Waals surface area contributed by atoms with Crippen molar-refractivity contribution in [1.29, 1.82) is 0 Å². The number of thiazole rings is 1. The molecule has 3 aromatic heterocycles. The molecule has 0 radical (unpaired) electrons. The van der Waals surface area contributed by atoms with E-state index in [1.807, 2.05) is 19.4 Å². The minimum Gasteiger partial charge on any atom is -0.365 e. The third kappa shape index (κ3) is 1.51. The van der Waals surface area contributed by atoms with E-state index in [0.29, 0.717) is 5.56 Å². The van der Waals surface area contributed by atoms with Gasteiger partial charge < -0.3 is 5.73 Å². The number of rotatable bonds is 2. The van der Waals surface area contributed by atoms with Crippen LogP contribution < -0.4 is 5.73 Å². The Labute approximate surface area is 100 Å². The first kappa shape index (κ1) is 10.0. The lowest BCUT2D eigenvalue weighted by molar-refractivity contribution is 0.100. The zero-order valence-electron chi connectivity index (χ0n) is 8.99. The number of carbonyl (C=O) groups is 1. The van der Waals surface area contributed by atoms with Crippen molar-refractivity contribution in [1.82, 2.24) is 19.4 Å². The third-order valence-electron chi connectivity index (χ3n) is 2.45. The Morgan fingerprint density at radius 3 is 2.82 bits per heavy atom. The number of primary amides is 1. The Balaban J connectivity index is 2.17. The molecule has 3 heterocycles. The SMILES string of the molecule is Cn1cc(-c2cn3ncc(C(N)=O)c3s2)cn1. The summed E-state index contributed by atoms with van der Waals surface area (Å²) in [4.78, 5) is 12.9. The van der Waals surface area contributed by atoms with Crippen LogP contribution in [0, 0.1) is 0 Å². The molecule has 0 fully saturated rings. The zero-order valence-corrected chi connectivity index (χ0v) is 9.81. The van der Waals surface area contributed by atoms with Gasteiger partial charge in [-0.25, -0.2) is 4.52 Å². The topological polar surface area (TPSA) is 78.2 Å². The number of carbonyl (C=O) groups excluding carboxylic acids is 1.